The number of methoxy groups -OCH3 is 1. The van der Waals surface area contributed by atoms with Crippen LogP contribution < -0.4 is 0 Å². The van der Waals surface area contributed by atoms with E-state index in [1.165, 1.54) is 31.9 Å². The van der Waals surface area contributed by atoms with Crippen molar-refractivity contribution < 1.29 is 23.8 Å². The molecule has 2 fully saturated rings. The Morgan fingerprint density at radius 1 is 1.05 bits per heavy atom. The lowest BCUT2D eigenvalue weighted by Crippen LogP contribution is -2.37. The summed E-state index contributed by atoms with van der Waals surface area (Å²) < 4.78 is 17.9. The van der Waals surface area contributed by atoms with E-state index in [9.17, 15) is 9.59 Å². The number of nitrogens with zero attached hydrogens (tertiary/aromatic N) is 2. The Morgan fingerprint density at radius 2 is 1.79 bits per heavy atom. The van der Waals surface area contributed by atoms with E-state index < -0.39 is 5.60 Å². The van der Waals surface area contributed by atoms with E-state index in [1.54, 1.807) is 10.8 Å². The predicted octanol–water partition coefficient (Wildman–Crippen LogP) is 7.89. The van der Waals surface area contributed by atoms with Gasteiger partial charge in [-0.05, 0) is 131 Å². The minimum Gasteiger partial charge on any atom is -0.501 e. The fourth-order valence-corrected chi connectivity index (χ4v) is 6.36. The second kappa shape index (κ2) is 12.3. The zero-order valence-corrected chi connectivity index (χ0v) is 25.8. The van der Waals surface area contributed by atoms with Crippen molar-refractivity contribution in [1.82, 2.24) is 9.47 Å². The summed E-state index contributed by atoms with van der Waals surface area (Å²) in [6.45, 7) is 12.0. The predicted molar refractivity (Wildman–Crippen MR) is 165 cm³/mol. The molecule has 1 aliphatic carbocycles. The summed E-state index contributed by atoms with van der Waals surface area (Å²) >= 11 is 0. The van der Waals surface area contributed by atoms with E-state index in [4.69, 9.17) is 14.2 Å². The third-order valence-electron chi connectivity index (χ3n) is 8.53. The van der Waals surface area contributed by atoms with Crippen molar-refractivity contribution >= 4 is 29.0 Å². The summed E-state index contributed by atoms with van der Waals surface area (Å²) in [6.07, 6.45) is 10.2. The first-order valence-electron chi connectivity index (χ1n) is 15.2. The van der Waals surface area contributed by atoms with Gasteiger partial charge in [-0.15, -0.1) is 0 Å². The number of ether oxygens (including phenoxy) is 3. The Kier molecular flexibility index (Phi) is 8.78. The van der Waals surface area contributed by atoms with Crippen LogP contribution in [-0.4, -0.2) is 47.4 Å². The molecular formula is C35H44N2O5. The van der Waals surface area contributed by atoms with E-state index in [2.05, 4.69) is 23.1 Å². The van der Waals surface area contributed by atoms with E-state index in [0.717, 1.165) is 58.9 Å². The second-order valence-corrected chi connectivity index (χ2v) is 12.7. The van der Waals surface area contributed by atoms with Crippen molar-refractivity contribution in [3.05, 3.63) is 76.7 Å². The summed E-state index contributed by atoms with van der Waals surface area (Å²) in [5.41, 5.74) is 5.31. The first kappa shape index (κ1) is 29.9. The van der Waals surface area contributed by atoms with Gasteiger partial charge in [0.2, 0.25) is 0 Å². The number of rotatable bonds is 8. The second-order valence-electron chi connectivity index (χ2n) is 12.7. The van der Waals surface area contributed by atoms with Gasteiger partial charge in [0.15, 0.2) is 0 Å². The lowest BCUT2D eigenvalue weighted by Gasteiger charge is -2.40. The van der Waals surface area contributed by atoms with Crippen molar-refractivity contribution in [2.75, 3.05) is 20.3 Å². The van der Waals surface area contributed by atoms with Crippen LogP contribution >= 0.6 is 0 Å². The summed E-state index contributed by atoms with van der Waals surface area (Å²) in [6, 6.07) is 12.3. The van der Waals surface area contributed by atoms with Gasteiger partial charge in [0.1, 0.15) is 5.60 Å². The number of carbonyl (C=O) groups is 2. The SMILES string of the molecule is CCO/C=C/c1cc(C)c2c(ccn2C(=O)OC(C)(C)C)c1CN1CC[C@@H](C2CC2)C[C@H]1c1ccc(C(=O)OC)cc1. The quantitative estimate of drug-likeness (QED) is 0.202. The van der Waals surface area contributed by atoms with Crippen molar-refractivity contribution in [3.63, 3.8) is 0 Å². The number of hydrogen-bond donors (Lipinski definition) is 0. The van der Waals surface area contributed by atoms with Crippen LogP contribution in [0.3, 0.4) is 0 Å². The number of fused-ring (bicyclic) bond motifs is 1. The lowest BCUT2D eigenvalue weighted by atomic mass is 9.83. The molecule has 1 saturated carbocycles. The molecular weight excluding hydrogens is 528 g/mol. The Bertz CT molecular complexity index is 1460. The molecule has 0 spiro atoms. The Balaban J connectivity index is 1.54. The van der Waals surface area contributed by atoms with Crippen LogP contribution in [0.5, 0.6) is 0 Å². The average molecular weight is 573 g/mol. The highest BCUT2D eigenvalue weighted by atomic mass is 16.6. The number of benzene rings is 2. The van der Waals surface area contributed by atoms with Gasteiger partial charge in [-0.2, -0.15) is 0 Å². The molecule has 2 heterocycles. The smallest absolute Gasteiger partial charge is 0.418 e. The highest BCUT2D eigenvalue weighted by Gasteiger charge is 2.38. The monoisotopic (exact) mass is 572 g/mol. The maximum atomic E-state index is 13.2. The molecule has 0 bridgehead atoms. The third kappa shape index (κ3) is 6.57. The summed E-state index contributed by atoms with van der Waals surface area (Å²) in [5.74, 6) is 1.23. The number of aromatic nitrogens is 1. The molecule has 224 valence electrons. The molecule has 7 nitrogen and oxygen atoms in total. The van der Waals surface area contributed by atoms with Crippen LogP contribution in [0.25, 0.3) is 17.0 Å². The number of carbonyl (C=O) groups excluding carboxylic acids is 2. The first-order valence-corrected chi connectivity index (χ1v) is 15.2. The van der Waals surface area contributed by atoms with Crippen molar-refractivity contribution in [3.8, 4) is 0 Å². The summed E-state index contributed by atoms with van der Waals surface area (Å²) in [4.78, 5) is 27.9. The van der Waals surface area contributed by atoms with E-state index in [-0.39, 0.29) is 18.1 Å². The summed E-state index contributed by atoms with van der Waals surface area (Å²) in [7, 11) is 1.41. The fraction of sp³-hybridized carbons (Fsp3) is 0.486. The van der Waals surface area contributed by atoms with Crippen molar-refractivity contribution in [2.24, 2.45) is 11.8 Å². The van der Waals surface area contributed by atoms with Gasteiger partial charge in [0.05, 0.1) is 31.1 Å². The molecule has 0 radical (unpaired) electrons. The Labute approximate surface area is 249 Å². The van der Waals surface area contributed by atoms with Gasteiger partial charge in [0, 0.05) is 24.2 Å². The van der Waals surface area contributed by atoms with Crippen LogP contribution in [-0.2, 0) is 20.8 Å². The van der Waals surface area contributed by atoms with Gasteiger partial charge < -0.3 is 14.2 Å². The van der Waals surface area contributed by atoms with Crippen LogP contribution in [0.1, 0.15) is 92.0 Å². The number of piperidine rings is 1. The fourth-order valence-electron chi connectivity index (χ4n) is 6.36. The van der Waals surface area contributed by atoms with E-state index >= 15 is 0 Å². The number of hydrogen-bond acceptors (Lipinski definition) is 6. The first-order chi connectivity index (χ1) is 20.1. The Hall–Kier alpha value is -3.58. The van der Waals surface area contributed by atoms with Gasteiger partial charge in [-0.3, -0.25) is 9.47 Å². The molecule has 2 atom stereocenters. The molecule has 1 saturated heterocycles. The molecule has 0 N–H and O–H groups in total. The van der Waals surface area contributed by atoms with Crippen LogP contribution in [0, 0.1) is 18.8 Å². The van der Waals surface area contributed by atoms with Crippen LogP contribution in [0.15, 0.2) is 48.9 Å². The zero-order valence-electron chi connectivity index (χ0n) is 25.8. The minimum atomic E-state index is -0.590. The van der Waals surface area contributed by atoms with Crippen molar-refractivity contribution in [1.29, 1.82) is 0 Å². The van der Waals surface area contributed by atoms with Gasteiger partial charge in [-0.25, -0.2) is 9.59 Å². The zero-order chi connectivity index (χ0) is 30.0. The van der Waals surface area contributed by atoms with Gasteiger partial charge >= 0.3 is 12.1 Å². The topological polar surface area (TPSA) is 70.0 Å². The maximum Gasteiger partial charge on any atom is 0.418 e. The molecule has 0 unspecified atom stereocenters. The Morgan fingerprint density at radius 3 is 2.43 bits per heavy atom. The minimum absolute atomic E-state index is 0.226. The van der Waals surface area contributed by atoms with E-state index in [1.807, 2.05) is 65.1 Å². The van der Waals surface area contributed by atoms with Gasteiger partial charge in [-0.1, -0.05) is 12.1 Å². The standard InChI is InChI=1S/C35H44N2O5/c1-7-41-19-16-28-20-23(2)32-29(15-18-37(32)34(39)42-35(3,4)5)30(28)22-36-17-14-27(24-8-9-24)21-31(36)25-10-12-26(13-11-25)33(38)40-6/h10-13,15-16,18-20,24,27,31H,7-9,14,17,21-22H2,1-6H3/b19-16+/t27-,31+/m1/s1. The molecule has 2 aliphatic rings. The molecule has 0 amide bonds. The lowest BCUT2D eigenvalue weighted by molar-refractivity contribution is 0.0542. The van der Waals surface area contributed by atoms with Crippen LogP contribution in [0.2, 0.25) is 0 Å². The third-order valence-corrected chi connectivity index (χ3v) is 8.53. The highest BCUT2D eigenvalue weighted by Crippen LogP contribution is 2.47. The van der Waals surface area contributed by atoms with Crippen LogP contribution in [0.4, 0.5) is 4.79 Å². The summed E-state index contributed by atoms with van der Waals surface area (Å²) in [5, 5.41) is 1.04. The number of esters is 1. The largest absolute Gasteiger partial charge is 0.501 e. The molecule has 42 heavy (non-hydrogen) atoms. The molecule has 2 aromatic carbocycles. The molecule has 1 aromatic heterocycles. The molecule has 7 heteroatoms. The molecule has 1 aliphatic heterocycles. The molecule has 3 aromatic rings. The highest BCUT2D eigenvalue weighted by molar-refractivity contribution is 5.95. The number of aryl methyl sites for hydroxylation is 1. The van der Waals surface area contributed by atoms with Gasteiger partial charge in [0.25, 0.3) is 0 Å². The normalized spacial score (nSPS) is 19.8. The molecule has 5 rings (SSSR count). The number of likely N-dealkylation sites (tertiary alicyclic amines) is 1. The average Bonchev–Trinajstić information content (AvgIpc) is 3.71. The van der Waals surface area contributed by atoms with Crippen molar-refractivity contribution in [2.45, 2.75) is 78.5 Å². The van der Waals surface area contributed by atoms with E-state index in [0.29, 0.717) is 12.2 Å². The maximum absolute atomic E-state index is 13.2.